The third kappa shape index (κ3) is 3.99. The Morgan fingerprint density at radius 2 is 1.72 bits per heavy atom. The van der Waals surface area contributed by atoms with Crippen molar-refractivity contribution in [2.45, 2.75) is 18.8 Å². The van der Waals surface area contributed by atoms with Crippen LogP contribution in [0.25, 0.3) is 11.4 Å². The van der Waals surface area contributed by atoms with Crippen LogP contribution in [0.4, 0.5) is 13.2 Å². The SMILES string of the molecule is O=C(c1c(F)cccc1F)N1CCC[C@@H](c2ccnc(-c3ccc(F)cc3)n2)C1. The number of aromatic nitrogens is 2. The average Bonchev–Trinajstić information content (AvgIpc) is 2.74. The van der Waals surface area contributed by atoms with Gasteiger partial charge in [0.1, 0.15) is 23.0 Å². The summed E-state index contributed by atoms with van der Waals surface area (Å²) < 4.78 is 41.2. The Morgan fingerprint density at radius 3 is 2.45 bits per heavy atom. The van der Waals surface area contributed by atoms with Crippen molar-refractivity contribution in [3.05, 3.63) is 83.4 Å². The lowest BCUT2D eigenvalue weighted by Gasteiger charge is -2.32. The normalized spacial score (nSPS) is 16.7. The number of nitrogens with zero attached hydrogens (tertiary/aromatic N) is 3. The fraction of sp³-hybridized carbons (Fsp3) is 0.227. The fourth-order valence-electron chi connectivity index (χ4n) is 3.60. The molecule has 2 heterocycles. The van der Waals surface area contributed by atoms with Gasteiger partial charge in [-0.25, -0.2) is 23.1 Å². The zero-order valence-electron chi connectivity index (χ0n) is 15.5. The molecule has 2 aromatic carbocycles. The largest absolute Gasteiger partial charge is 0.338 e. The van der Waals surface area contributed by atoms with E-state index in [1.54, 1.807) is 24.4 Å². The molecule has 0 saturated carbocycles. The van der Waals surface area contributed by atoms with Crippen molar-refractivity contribution in [1.82, 2.24) is 14.9 Å². The minimum atomic E-state index is -0.863. The average molecular weight is 397 g/mol. The second-order valence-electron chi connectivity index (χ2n) is 7.00. The number of hydrogen-bond acceptors (Lipinski definition) is 3. The van der Waals surface area contributed by atoms with Crippen molar-refractivity contribution < 1.29 is 18.0 Å². The first kappa shape index (κ1) is 19.1. The lowest BCUT2D eigenvalue weighted by molar-refractivity contribution is 0.0696. The molecule has 1 aromatic heterocycles. The number of piperidine rings is 1. The molecule has 0 bridgehead atoms. The van der Waals surface area contributed by atoms with E-state index in [2.05, 4.69) is 9.97 Å². The van der Waals surface area contributed by atoms with Gasteiger partial charge in [-0.15, -0.1) is 0 Å². The second kappa shape index (κ2) is 8.03. The zero-order chi connectivity index (χ0) is 20.4. The van der Waals surface area contributed by atoms with E-state index in [4.69, 9.17) is 0 Å². The molecule has 1 atom stereocenters. The van der Waals surface area contributed by atoms with Crippen LogP contribution in [0.5, 0.6) is 0 Å². The summed E-state index contributed by atoms with van der Waals surface area (Å²) in [6, 6.07) is 11.1. The molecule has 1 aliphatic rings. The van der Waals surface area contributed by atoms with E-state index < -0.39 is 23.1 Å². The van der Waals surface area contributed by atoms with E-state index in [0.29, 0.717) is 30.9 Å². The Balaban J connectivity index is 1.57. The van der Waals surface area contributed by atoms with Gasteiger partial charge in [-0.2, -0.15) is 0 Å². The number of amides is 1. The Labute approximate surface area is 166 Å². The molecule has 0 N–H and O–H groups in total. The summed E-state index contributed by atoms with van der Waals surface area (Å²) in [4.78, 5) is 23.0. The summed E-state index contributed by atoms with van der Waals surface area (Å²) in [7, 11) is 0. The highest BCUT2D eigenvalue weighted by atomic mass is 19.1. The summed E-state index contributed by atoms with van der Waals surface area (Å²) in [6.45, 7) is 0.742. The molecule has 1 fully saturated rings. The van der Waals surface area contributed by atoms with Crippen LogP contribution in [0.3, 0.4) is 0 Å². The predicted molar refractivity (Wildman–Crippen MR) is 102 cm³/mol. The van der Waals surface area contributed by atoms with Crippen LogP contribution in [0.2, 0.25) is 0 Å². The number of carbonyl (C=O) groups excluding carboxylic acids is 1. The van der Waals surface area contributed by atoms with Crippen LogP contribution >= 0.6 is 0 Å². The maximum absolute atomic E-state index is 14.0. The van der Waals surface area contributed by atoms with Gasteiger partial charge in [-0.05, 0) is 55.3 Å². The van der Waals surface area contributed by atoms with Gasteiger partial charge >= 0.3 is 0 Å². The first-order valence-corrected chi connectivity index (χ1v) is 9.35. The minimum Gasteiger partial charge on any atom is -0.338 e. The molecule has 7 heteroatoms. The summed E-state index contributed by atoms with van der Waals surface area (Å²) in [6.07, 6.45) is 3.12. The molecule has 1 aliphatic heterocycles. The maximum Gasteiger partial charge on any atom is 0.259 e. The molecule has 148 valence electrons. The van der Waals surface area contributed by atoms with Gasteiger partial charge < -0.3 is 4.90 Å². The van der Waals surface area contributed by atoms with Gasteiger partial charge in [0.2, 0.25) is 0 Å². The van der Waals surface area contributed by atoms with Crippen molar-refractivity contribution in [1.29, 1.82) is 0 Å². The van der Waals surface area contributed by atoms with Crippen LogP contribution in [-0.2, 0) is 0 Å². The number of carbonyl (C=O) groups is 1. The smallest absolute Gasteiger partial charge is 0.259 e. The number of hydrogen-bond donors (Lipinski definition) is 0. The number of rotatable bonds is 3. The molecule has 0 spiro atoms. The highest BCUT2D eigenvalue weighted by molar-refractivity contribution is 5.94. The highest BCUT2D eigenvalue weighted by Crippen LogP contribution is 2.28. The predicted octanol–water partition coefficient (Wildman–Crippen LogP) is 4.58. The van der Waals surface area contributed by atoms with E-state index in [-0.39, 0.29) is 11.7 Å². The monoisotopic (exact) mass is 397 g/mol. The summed E-state index contributed by atoms with van der Waals surface area (Å²) in [5, 5.41) is 0. The topological polar surface area (TPSA) is 46.1 Å². The van der Waals surface area contributed by atoms with Gasteiger partial charge in [-0.1, -0.05) is 6.07 Å². The van der Waals surface area contributed by atoms with Crippen molar-refractivity contribution in [3.8, 4) is 11.4 Å². The lowest BCUT2D eigenvalue weighted by atomic mass is 9.94. The number of halogens is 3. The molecule has 4 rings (SSSR count). The van der Waals surface area contributed by atoms with Crippen LogP contribution in [-0.4, -0.2) is 33.9 Å². The van der Waals surface area contributed by atoms with Crippen LogP contribution in [0.1, 0.15) is 34.8 Å². The third-order valence-corrected chi connectivity index (χ3v) is 5.08. The Kier molecular flexibility index (Phi) is 5.29. The van der Waals surface area contributed by atoms with Crippen LogP contribution in [0, 0.1) is 17.5 Å². The fourth-order valence-corrected chi connectivity index (χ4v) is 3.60. The molecule has 3 aromatic rings. The zero-order valence-corrected chi connectivity index (χ0v) is 15.5. The molecule has 1 saturated heterocycles. The first-order valence-electron chi connectivity index (χ1n) is 9.35. The van der Waals surface area contributed by atoms with Crippen molar-refractivity contribution in [2.75, 3.05) is 13.1 Å². The van der Waals surface area contributed by atoms with Crippen LogP contribution < -0.4 is 0 Å². The molecular formula is C22H18F3N3O. The Bertz CT molecular complexity index is 1020. The molecule has 0 unspecified atom stereocenters. The van der Waals surface area contributed by atoms with Gasteiger partial charge in [0.05, 0.1) is 0 Å². The highest BCUT2D eigenvalue weighted by Gasteiger charge is 2.29. The standard InChI is InChI=1S/C22H18F3N3O/c23-16-8-6-14(7-9-16)21-26-11-10-19(27-21)15-3-2-12-28(13-15)22(29)20-17(24)4-1-5-18(20)25/h1,4-11,15H,2-3,12-13H2/t15-/m1/s1. The van der Waals surface area contributed by atoms with Crippen molar-refractivity contribution in [3.63, 3.8) is 0 Å². The quantitative estimate of drug-likeness (QED) is 0.650. The van der Waals surface area contributed by atoms with E-state index in [1.165, 1.54) is 23.1 Å². The van der Waals surface area contributed by atoms with Gasteiger partial charge in [0.15, 0.2) is 5.82 Å². The van der Waals surface area contributed by atoms with Crippen molar-refractivity contribution >= 4 is 5.91 Å². The minimum absolute atomic E-state index is 0.0790. The first-order chi connectivity index (χ1) is 14.0. The molecule has 0 radical (unpaired) electrons. The second-order valence-corrected chi connectivity index (χ2v) is 7.00. The van der Waals surface area contributed by atoms with Gasteiger partial charge in [-0.3, -0.25) is 4.79 Å². The molecule has 29 heavy (non-hydrogen) atoms. The molecule has 1 amide bonds. The molecule has 4 nitrogen and oxygen atoms in total. The molecular weight excluding hydrogens is 379 g/mol. The Hall–Kier alpha value is -3.22. The van der Waals surface area contributed by atoms with E-state index >= 15 is 0 Å². The van der Waals surface area contributed by atoms with Crippen molar-refractivity contribution in [2.24, 2.45) is 0 Å². The lowest BCUT2D eigenvalue weighted by Crippen LogP contribution is -2.40. The van der Waals surface area contributed by atoms with Crippen LogP contribution in [0.15, 0.2) is 54.7 Å². The van der Waals surface area contributed by atoms with E-state index in [9.17, 15) is 18.0 Å². The molecule has 0 aliphatic carbocycles. The maximum atomic E-state index is 14.0. The number of benzene rings is 2. The van der Waals surface area contributed by atoms with Gasteiger partial charge in [0, 0.05) is 36.5 Å². The van der Waals surface area contributed by atoms with E-state index in [0.717, 1.165) is 24.2 Å². The van der Waals surface area contributed by atoms with E-state index in [1.807, 2.05) is 0 Å². The third-order valence-electron chi connectivity index (χ3n) is 5.08. The van der Waals surface area contributed by atoms with Gasteiger partial charge in [0.25, 0.3) is 5.91 Å². The summed E-state index contributed by atoms with van der Waals surface area (Å²) >= 11 is 0. The number of likely N-dealkylation sites (tertiary alicyclic amines) is 1. The summed E-state index contributed by atoms with van der Waals surface area (Å²) in [5.41, 5.74) is 0.902. The summed E-state index contributed by atoms with van der Waals surface area (Å²) in [5.74, 6) is -2.34. The Morgan fingerprint density at radius 1 is 1.00 bits per heavy atom.